The van der Waals surface area contributed by atoms with Crippen LogP contribution in [0.15, 0.2) is 30.6 Å². The van der Waals surface area contributed by atoms with Gasteiger partial charge in [0.15, 0.2) is 0 Å². The molecule has 0 saturated carbocycles. The van der Waals surface area contributed by atoms with Crippen molar-refractivity contribution < 1.29 is 4.79 Å². The number of hydrogen-bond donors (Lipinski definition) is 1. The minimum Gasteiger partial charge on any atom is -0.333 e. The maximum absolute atomic E-state index is 12.4. The Morgan fingerprint density at radius 1 is 1.43 bits per heavy atom. The third kappa shape index (κ3) is 2.95. The van der Waals surface area contributed by atoms with Crippen LogP contribution in [0.2, 0.25) is 0 Å². The molecule has 2 aromatic rings. The quantitative estimate of drug-likeness (QED) is 0.894. The second-order valence-corrected chi connectivity index (χ2v) is 5.46. The third-order valence-corrected chi connectivity index (χ3v) is 3.61. The lowest BCUT2D eigenvalue weighted by Gasteiger charge is -2.30. The van der Waals surface area contributed by atoms with E-state index in [9.17, 15) is 4.79 Å². The molecule has 0 aliphatic carbocycles. The van der Waals surface area contributed by atoms with E-state index in [1.807, 2.05) is 31.2 Å². The first-order valence-electron chi connectivity index (χ1n) is 7.15. The van der Waals surface area contributed by atoms with Crippen LogP contribution < -0.4 is 5.32 Å². The summed E-state index contributed by atoms with van der Waals surface area (Å²) in [6.45, 7) is 6.29. The van der Waals surface area contributed by atoms with Crippen LogP contribution in [-0.2, 0) is 0 Å². The standard InChI is InChI=1S/C15H19N5O/c1-11-4-3-5-13(8-11)20-10-17-14(18-20)15(21)19-7-6-16-12(2)9-19/h3-5,8,10,12,16H,6-7,9H2,1-2H3/t12-/m0/s1. The first kappa shape index (κ1) is 13.8. The summed E-state index contributed by atoms with van der Waals surface area (Å²) in [4.78, 5) is 18.4. The number of aryl methyl sites for hydroxylation is 1. The van der Waals surface area contributed by atoms with Gasteiger partial charge in [-0.1, -0.05) is 12.1 Å². The molecule has 110 valence electrons. The van der Waals surface area contributed by atoms with Gasteiger partial charge in [0.2, 0.25) is 5.82 Å². The van der Waals surface area contributed by atoms with Crippen molar-refractivity contribution in [1.29, 1.82) is 0 Å². The second kappa shape index (κ2) is 5.65. The Kier molecular flexibility index (Phi) is 3.70. The van der Waals surface area contributed by atoms with E-state index in [-0.39, 0.29) is 11.7 Å². The monoisotopic (exact) mass is 285 g/mol. The van der Waals surface area contributed by atoms with Gasteiger partial charge >= 0.3 is 0 Å². The van der Waals surface area contributed by atoms with Gasteiger partial charge in [-0.2, -0.15) is 0 Å². The number of nitrogens with one attached hydrogen (secondary N) is 1. The van der Waals surface area contributed by atoms with Crippen LogP contribution in [0.3, 0.4) is 0 Å². The van der Waals surface area contributed by atoms with Gasteiger partial charge in [-0.3, -0.25) is 4.79 Å². The van der Waals surface area contributed by atoms with E-state index in [1.54, 1.807) is 15.9 Å². The Hall–Kier alpha value is -2.21. The van der Waals surface area contributed by atoms with E-state index in [0.717, 1.165) is 17.8 Å². The second-order valence-electron chi connectivity index (χ2n) is 5.46. The Morgan fingerprint density at radius 2 is 2.29 bits per heavy atom. The van der Waals surface area contributed by atoms with Crippen LogP contribution in [0.1, 0.15) is 23.1 Å². The number of amides is 1. The molecule has 0 bridgehead atoms. The summed E-state index contributed by atoms with van der Waals surface area (Å²) in [7, 11) is 0. The molecule has 1 fully saturated rings. The number of piperazine rings is 1. The van der Waals surface area contributed by atoms with Gasteiger partial charge < -0.3 is 10.2 Å². The minimum atomic E-state index is -0.102. The van der Waals surface area contributed by atoms with Gasteiger partial charge in [0.05, 0.1) is 5.69 Å². The molecule has 6 heteroatoms. The zero-order chi connectivity index (χ0) is 14.8. The predicted octanol–water partition coefficient (Wildman–Crippen LogP) is 1.01. The van der Waals surface area contributed by atoms with E-state index in [0.29, 0.717) is 19.1 Å². The van der Waals surface area contributed by atoms with Crippen LogP contribution in [0.4, 0.5) is 0 Å². The molecule has 0 unspecified atom stereocenters. The lowest BCUT2D eigenvalue weighted by molar-refractivity contribution is 0.0697. The van der Waals surface area contributed by atoms with E-state index in [1.165, 1.54) is 0 Å². The molecule has 2 heterocycles. The van der Waals surface area contributed by atoms with Crippen LogP contribution in [-0.4, -0.2) is 51.2 Å². The number of benzene rings is 1. The Labute approximate surface area is 123 Å². The van der Waals surface area contributed by atoms with E-state index < -0.39 is 0 Å². The van der Waals surface area contributed by atoms with E-state index in [4.69, 9.17) is 0 Å². The zero-order valence-corrected chi connectivity index (χ0v) is 12.3. The smallest absolute Gasteiger partial charge is 0.293 e. The summed E-state index contributed by atoms with van der Waals surface area (Å²) in [6, 6.07) is 8.25. The maximum Gasteiger partial charge on any atom is 0.293 e. The van der Waals surface area contributed by atoms with Gasteiger partial charge in [-0.15, -0.1) is 5.10 Å². The Morgan fingerprint density at radius 3 is 3.05 bits per heavy atom. The molecule has 0 spiro atoms. The fourth-order valence-electron chi connectivity index (χ4n) is 2.51. The summed E-state index contributed by atoms with van der Waals surface area (Å²) in [5.41, 5.74) is 2.06. The van der Waals surface area contributed by atoms with Crippen molar-refractivity contribution in [1.82, 2.24) is 25.0 Å². The molecule has 21 heavy (non-hydrogen) atoms. The highest BCUT2D eigenvalue weighted by molar-refractivity contribution is 5.90. The molecule has 1 saturated heterocycles. The topological polar surface area (TPSA) is 63.1 Å². The average Bonchev–Trinajstić information content (AvgIpc) is 2.96. The molecular formula is C15H19N5O. The lowest BCUT2D eigenvalue weighted by Crippen LogP contribution is -2.51. The number of hydrogen-bond acceptors (Lipinski definition) is 4. The van der Waals surface area contributed by atoms with Crippen molar-refractivity contribution in [2.24, 2.45) is 0 Å². The van der Waals surface area contributed by atoms with E-state index in [2.05, 4.69) is 22.3 Å². The summed E-state index contributed by atoms with van der Waals surface area (Å²) < 4.78 is 1.64. The van der Waals surface area contributed by atoms with Crippen molar-refractivity contribution in [3.8, 4) is 5.69 Å². The molecule has 1 aliphatic heterocycles. The number of aromatic nitrogens is 3. The Balaban J connectivity index is 1.80. The number of carbonyl (C=O) groups excluding carboxylic acids is 1. The van der Waals surface area contributed by atoms with Crippen LogP contribution >= 0.6 is 0 Å². The molecule has 1 N–H and O–H groups in total. The predicted molar refractivity (Wildman–Crippen MR) is 79.5 cm³/mol. The molecule has 6 nitrogen and oxygen atoms in total. The van der Waals surface area contributed by atoms with Crippen LogP contribution in [0, 0.1) is 6.92 Å². The molecular weight excluding hydrogens is 266 g/mol. The summed E-state index contributed by atoms with van der Waals surface area (Å²) >= 11 is 0. The number of rotatable bonds is 2. The first-order chi connectivity index (χ1) is 10.1. The third-order valence-electron chi connectivity index (χ3n) is 3.61. The van der Waals surface area contributed by atoms with Crippen molar-refractivity contribution >= 4 is 5.91 Å². The van der Waals surface area contributed by atoms with Gasteiger partial charge in [-0.25, -0.2) is 9.67 Å². The summed E-state index contributed by atoms with van der Waals surface area (Å²) in [5.74, 6) is 0.153. The summed E-state index contributed by atoms with van der Waals surface area (Å²) in [6.07, 6.45) is 1.59. The molecule has 3 rings (SSSR count). The fraction of sp³-hybridized carbons (Fsp3) is 0.400. The highest BCUT2D eigenvalue weighted by Gasteiger charge is 2.24. The van der Waals surface area contributed by atoms with Crippen molar-refractivity contribution in [2.75, 3.05) is 19.6 Å². The van der Waals surface area contributed by atoms with Crippen molar-refractivity contribution in [2.45, 2.75) is 19.9 Å². The highest BCUT2D eigenvalue weighted by Crippen LogP contribution is 2.10. The minimum absolute atomic E-state index is 0.102. The normalized spacial score (nSPS) is 18.8. The van der Waals surface area contributed by atoms with Gasteiger partial charge in [0.1, 0.15) is 6.33 Å². The van der Waals surface area contributed by atoms with Gasteiger partial charge in [-0.05, 0) is 31.5 Å². The molecule has 1 aromatic heterocycles. The average molecular weight is 285 g/mol. The Bertz CT molecular complexity index is 651. The number of carbonyl (C=O) groups is 1. The van der Waals surface area contributed by atoms with Crippen molar-refractivity contribution in [3.05, 3.63) is 42.0 Å². The lowest BCUT2D eigenvalue weighted by atomic mass is 10.2. The van der Waals surface area contributed by atoms with Gasteiger partial charge in [0.25, 0.3) is 5.91 Å². The molecule has 1 aromatic carbocycles. The maximum atomic E-state index is 12.4. The highest BCUT2D eigenvalue weighted by atomic mass is 16.2. The molecule has 1 aliphatic rings. The molecule has 0 radical (unpaired) electrons. The van der Waals surface area contributed by atoms with Crippen LogP contribution in [0.5, 0.6) is 0 Å². The van der Waals surface area contributed by atoms with Crippen LogP contribution in [0.25, 0.3) is 5.69 Å². The molecule has 1 atom stereocenters. The first-order valence-corrected chi connectivity index (χ1v) is 7.15. The van der Waals surface area contributed by atoms with Gasteiger partial charge in [0, 0.05) is 25.7 Å². The largest absolute Gasteiger partial charge is 0.333 e. The van der Waals surface area contributed by atoms with Crippen molar-refractivity contribution in [3.63, 3.8) is 0 Å². The molecule has 1 amide bonds. The summed E-state index contributed by atoms with van der Waals surface area (Å²) in [5, 5.41) is 7.63. The SMILES string of the molecule is Cc1cccc(-n2cnc(C(=O)N3CCN[C@@H](C)C3)n2)c1. The zero-order valence-electron chi connectivity index (χ0n) is 12.3. The fourth-order valence-corrected chi connectivity index (χ4v) is 2.51. The van der Waals surface area contributed by atoms with E-state index >= 15 is 0 Å². The number of nitrogens with zero attached hydrogens (tertiary/aromatic N) is 4.